The SMILES string of the molecule is Nc1cccc(Nc2cc(Cl)ccc2F)c1[N+](=O)[O-]. The van der Waals surface area contributed by atoms with Crippen molar-refractivity contribution in [2.24, 2.45) is 0 Å². The molecule has 0 saturated carbocycles. The predicted octanol–water partition coefficient (Wildman–Crippen LogP) is 3.71. The molecule has 0 heterocycles. The first-order valence-electron chi connectivity index (χ1n) is 5.24. The Morgan fingerprint density at radius 2 is 2.00 bits per heavy atom. The van der Waals surface area contributed by atoms with Crippen molar-refractivity contribution in [3.63, 3.8) is 0 Å². The Balaban J connectivity index is 2.46. The summed E-state index contributed by atoms with van der Waals surface area (Å²) in [5, 5.41) is 13.9. The number of halogens is 2. The van der Waals surface area contributed by atoms with Crippen LogP contribution in [-0.4, -0.2) is 4.92 Å². The number of para-hydroxylation sites is 1. The third-order valence-corrected chi connectivity index (χ3v) is 2.68. The number of nitrogens with two attached hydrogens (primary N) is 1. The third kappa shape index (κ3) is 2.74. The van der Waals surface area contributed by atoms with Crippen LogP contribution in [0.5, 0.6) is 0 Å². The van der Waals surface area contributed by atoms with Crippen molar-refractivity contribution in [2.75, 3.05) is 11.1 Å². The molecule has 3 N–H and O–H groups in total. The first-order chi connectivity index (χ1) is 8.99. The van der Waals surface area contributed by atoms with Gasteiger partial charge in [-0.3, -0.25) is 10.1 Å². The second-order valence-electron chi connectivity index (χ2n) is 3.75. The smallest absolute Gasteiger partial charge is 0.315 e. The van der Waals surface area contributed by atoms with Crippen molar-refractivity contribution in [1.29, 1.82) is 0 Å². The molecule has 2 rings (SSSR count). The lowest BCUT2D eigenvalue weighted by Crippen LogP contribution is -2.01. The molecule has 98 valence electrons. The van der Waals surface area contributed by atoms with Crippen LogP contribution in [0.25, 0.3) is 0 Å². The Kier molecular flexibility index (Phi) is 3.52. The van der Waals surface area contributed by atoms with Gasteiger partial charge in [-0.25, -0.2) is 4.39 Å². The summed E-state index contributed by atoms with van der Waals surface area (Å²) in [6.45, 7) is 0. The number of nitro benzene ring substituents is 1. The van der Waals surface area contributed by atoms with Crippen LogP contribution in [-0.2, 0) is 0 Å². The van der Waals surface area contributed by atoms with Crippen LogP contribution in [0.15, 0.2) is 36.4 Å². The van der Waals surface area contributed by atoms with E-state index in [1.165, 1.54) is 36.4 Å². The van der Waals surface area contributed by atoms with Crippen LogP contribution in [0, 0.1) is 15.9 Å². The minimum absolute atomic E-state index is 0.00237. The number of hydrogen-bond acceptors (Lipinski definition) is 4. The van der Waals surface area contributed by atoms with E-state index in [-0.39, 0.29) is 22.7 Å². The summed E-state index contributed by atoms with van der Waals surface area (Å²) in [6, 6.07) is 8.27. The molecule has 0 aliphatic carbocycles. The van der Waals surface area contributed by atoms with Gasteiger partial charge in [0.05, 0.1) is 10.6 Å². The number of benzene rings is 2. The molecule has 0 spiro atoms. The van der Waals surface area contributed by atoms with Gasteiger partial charge in [0.25, 0.3) is 0 Å². The van der Waals surface area contributed by atoms with Crippen LogP contribution in [0.3, 0.4) is 0 Å². The largest absolute Gasteiger partial charge is 0.393 e. The highest BCUT2D eigenvalue weighted by Gasteiger charge is 2.18. The van der Waals surface area contributed by atoms with Gasteiger partial charge in [-0.1, -0.05) is 17.7 Å². The van der Waals surface area contributed by atoms with Gasteiger partial charge in [-0.15, -0.1) is 0 Å². The number of rotatable bonds is 3. The number of nitro groups is 1. The molecule has 5 nitrogen and oxygen atoms in total. The van der Waals surface area contributed by atoms with Crippen LogP contribution in [0.1, 0.15) is 0 Å². The third-order valence-electron chi connectivity index (χ3n) is 2.45. The zero-order chi connectivity index (χ0) is 14.0. The molecule has 0 aliphatic rings. The second kappa shape index (κ2) is 5.11. The fourth-order valence-electron chi connectivity index (χ4n) is 1.60. The molecule has 0 fully saturated rings. The van der Waals surface area contributed by atoms with E-state index in [0.717, 1.165) is 0 Å². The van der Waals surface area contributed by atoms with Gasteiger partial charge < -0.3 is 11.1 Å². The van der Waals surface area contributed by atoms with Crippen LogP contribution < -0.4 is 11.1 Å². The number of anilines is 3. The Morgan fingerprint density at radius 1 is 1.26 bits per heavy atom. The summed E-state index contributed by atoms with van der Waals surface area (Å²) < 4.78 is 13.6. The molecule has 7 heteroatoms. The zero-order valence-electron chi connectivity index (χ0n) is 9.56. The van der Waals surface area contributed by atoms with Crippen LogP contribution in [0.4, 0.5) is 27.1 Å². The summed E-state index contributed by atoms with van der Waals surface area (Å²) in [5.41, 5.74) is 5.38. The topological polar surface area (TPSA) is 81.2 Å². The Bertz CT molecular complexity index is 649. The highest BCUT2D eigenvalue weighted by molar-refractivity contribution is 6.30. The van der Waals surface area contributed by atoms with Crippen molar-refractivity contribution in [3.05, 3.63) is 57.4 Å². The number of hydrogen-bond donors (Lipinski definition) is 2. The maximum absolute atomic E-state index is 13.6. The molecule has 0 radical (unpaired) electrons. The summed E-state index contributed by atoms with van der Waals surface area (Å²) in [7, 11) is 0. The van der Waals surface area contributed by atoms with E-state index in [2.05, 4.69) is 5.32 Å². The van der Waals surface area contributed by atoms with E-state index in [1.807, 2.05) is 0 Å². The van der Waals surface area contributed by atoms with Crippen LogP contribution in [0.2, 0.25) is 5.02 Å². The molecule has 0 amide bonds. The lowest BCUT2D eigenvalue weighted by molar-refractivity contribution is -0.383. The van der Waals surface area contributed by atoms with E-state index >= 15 is 0 Å². The van der Waals surface area contributed by atoms with Crippen molar-refractivity contribution < 1.29 is 9.31 Å². The van der Waals surface area contributed by atoms with E-state index in [0.29, 0.717) is 5.02 Å². The highest BCUT2D eigenvalue weighted by atomic mass is 35.5. The molecule has 2 aromatic carbocycles. The fourth-order valence-corrected chi connectivity index (χ4v) is 1.78. The molecule has 19 heavy (non-hydrogen) atoms. The average molecular weight is 282 g/mol. The second-order valence-corrected chi connectivity index (χ2v) is 4.19. The summed E-state index contributed by atoms with van der Waals surface area (Å²) >= 11 is 5.75. The maximum atomic E-state index is 13.6. The average Bonchev–Trinajstić information content (AvgIpc) is 2.33. The number of nitrogen functional groups attached to an aromatic ring is 1. The minimum Gasteiger partial charge on any atom is -0.393 e. The minimum atomic E-state index is -0.625. The van der Waals surface area contributed by atoms with Gasteiger partial charge in [-0.2, -0.15) is 0 Å². The van der Waals surface area contributed by atoms with Gasteiger partial charge >= 0.3 is 5.69 Å². The molecule has 0 bridgehead atoms. The molecule has 0 saturated heterocycles. The maximum Gasteiger partial charge on any atom is 0.315 e. The Hall–Kier alpha value is -2.34. The standard InChI is InChI=1S/C12H9ClFN3O2/c13-7-4-5-8(14)11(6-7)16-10-3-1-2-9(15)12(10)17(18)19/h1-6,16H,15H2. The van der Waals surface area contributed by atoms with Gasteiger partial charge in [-0.05, 0) is 30.3 Å². The molecule has 2 aromatic rings. The molecule has 0 aliphatic heterocycles. The highest BCUT2D eigenvalue weighted by Crippen LogP contribution is 2.33. The monoisotopic (exact) mass is 281 g/mol. The van der Waals surface area contributed by atoms with Crippen LogP contribution >= 0.6 is 11.6 Å². The Labute approximate surface area is 113 Å². The van der Waals surface area contributed by atoms with Crippen molar-refractivity contribution >= 4 is 34.4 Å². The number of nitrogens with one attached hydrogen (secondary N) is 1. The van der Waals surface area contributed by atoms with E-state index < -0.39 is 10.7 Å². The quantitative estimate of drug-likeness (QED) is 0.510. The first kappa shape index (κ1) is 13.1. The lowest BCUT2D eigenvalue weighted by atomic mass is 10.2. The Morgan fingerprint density at radius 3 is 2.68 bits per heavy atom. The fraction of sp³-hybridized carbons (Fsp3) is 0. The molecule has 0 unspecified atom stereocenters. The lowest BCUT2D eigenvalue weighted by Gasteiger charge is -2.09. The summed E-state index contributed by atoms with van der Waals surface area (Å²) in [6.07, 6.45) is 0. The van der Waals surface area contributed by atoms with E-state index in [4.69, 9.17) is 17.3 Å². The van der Waals surface area contributed by atoms with Gasteiger partial charge in [0, 0.05) is 5.02 Å². The summed E-state index contributed by atoms with van der Waals surface area (Å²) in [5.74, 6) is -0.568. The van der Waals surface area contributed by atoms with E-state index in [1.54, 1.807) is 0 Å². The first-order valence-corrected chi connectivity index (χ1v) is 5.62. The number of nitrogens with zero attached hydrogens (tertiary/aromatic N) is 1. The zero-order valence-corrected chi connectivity index (χ0v) is 10.3. The molecular weight excluding hydrogens is 273 g/mol. The predicted molar refractivity (Wildman–Crippen MR) is 72.2 cm³/mol. The molecular formula is C12H9ClFN3O2. The molecule has 0 atom stereocenters. The van der Waals surface area contributed by atoms with Gasteiger partial charge in [0.1, 0.15) is 17.2 Å². The van der Waals surface area contributed by atoms with Crippen molar-refractivity contribution in [3.8, 4) is 0 Å². The molecule has 0 aromatic heterocycles. The van der Waals surface area contributed by atoms with Gasteiger partial charge in [0.15, 0.2) is 0 Å². The van der Waals surface area contributed by atoms with Crippen molar-refractivity contribution in [2.45, 2.75) is 0 Å². The summed E-state index contributed by atoms with van der Waals surface area (Å²) in [4.78, 5) is 10.3. The van der Waals surface area contributed by atoms with E-state index in [9.17, 15) is 14.5 Å². The van der Waals surface area contributed by atoms with Gasteiger partial charge in [0.2, 0.25) is 0 Å². The van der Waals surface area contributed by atoms with Crippen molar-refractivity contribution in [1.82, 2.24) is 0 Å². The normalized spacial score (nSPS) is 10.2.